The second-order valence-corrected chi connectivity index (χ2v) is 48.0. The van der Waals surface area contributed by atoms with E-state index in [-0.39, 0.29) is 5.92 Å². The molecule has 0 amide bonds. The first-order chi connectivity index (χ1) is 20.5. The summed E-state index contributed by atoms with van der Waals surface area (Å²) in [4.78, 5) is 0. The van der Waals surface area contributed by atoms with Gasteiger partial charge < -0.3 is 0 Å². The summed E-state index contributed by atoms with van der Waals surface area (Å²) in [6.07, 6.45) is 4.78. The second-order valence-electron chi connectivity index (χ2n) is 11.9. The van der Waals surface area contributed by atoms with Crippen LogP contribution in [0.1, 0.15) is 37.7 Å². The van der Waals surface area contributed by atoms with Crippen LogP contribution in [0, 0.1) is 0 Å². The average molecular weight is 732 g/mol. The Morgan fingerprint density at radius 3 is 1.69 bits per heavy atom. The molecular formula is C38H37N2SnZr. The van der Waals surface area contributed by atoms with Crippen LogP contribution >= 0.6 is 0 Å². The molecule has 0 fully saturated rings. The van der Waals surface area contributed by atoms with E-state index in [4.69, 9.17) is 0 Å². The molecule has 4 heteroatoms. The van der Waals surface area contributed by atoms with Crippen LogP contribution in [0.2, 0.25) is 0 Å². The van der Waals surface area contributed by atoms with E-state index in [0.29, 0.717) is 3.93 Å². The van der Waals surface area contributed by atoms with Crippen molar-refractivity contribution in [1.29, 1.82) is 0 Å². The zero-order valence-electron chi connectivity index (χ0n) is 24.8. The van der Waals surface area contributed by atoms with E-state index >= 15 is 0 Å². The standard InChI is InChI=1S/C22H15.2C6H5.2C2H6N.Sn.Zr/c1-3-8-17-15(6-1)12-13-21(17)20-11-5-10-19-18-9-4-2-7-16(18)14-22(19)20;2*1-2-4-6-5-3-1;2*1-3-2;;/h1-14,21H;2*1-5H;2*1-2H3;;/q;;;2*-1;;+2. The molecule has 0 N–H and O–H groups in total. The minimum atomic E-state index is -3.70. The Bertz CT molecular complexity index is 1720. The Labute approximate surface area is 259 Å². The third kappa shape index (κ3) is 4.39. The van der Waals surface area contributed by atoms with Gasteiger partial charge in [0, 0.05) is 0 Å². The molecule has 2 atom stereocenters. The molecule has 42 heavy (non-hydrogen) atoms. The Balaban J connectivity index is 1.62. The van der Waals surface area contributed by atoms with Gasteiger partial charge in [-0.3, -0.25) is 0 Å². The van der Waals surface area contributed by atoms with Crippen LogP contribution in [0.25, 0.3) is 17.2 Å². The van der Waals surface area contributed by atoms with Gasteiger partial charge in [0.2, 0.25) is 0 Å². The molecule has 0 saturated carbocycles. The van der Waals surface area contributed by atoms with Crippen molar-refractivity contribution in [2.24, 2.45) is 0 Å². The predicted octanol–water partition coefficient (Wildman–Crippen LogP) is 6.83. The first-order valence-electron chi connectivity index (χ1n) is 14.9. The Morgan fingerprint density at radius 1 is 0.524 bits per heavy atom. The molecule has 2 unspecified atom stereocenters. The zero-order chi connectivity index (χ0) is 28.8. The van der Waals surface area contributed by atoms with Crippen molar-refractivity contribution in [2.45, 2.75) is 9.85 Å². The van der Waals surface area contributed by atoms with E-state index < -0.39 is 32.0 Å². The van der Waals surface area contributed by atoms with E-state index in [1.54, 1.807) is 18.3 Å². The van der Waals surface area contributed by atoms with Gasteiger partial charge in [-0.25, -0.2) is 0 Å². The molecular weight excluding hydrogens is 694 g/mol. The third-order valence-electron chi connectivity index (χ3n) is 9.22. The van der Waals surface area contributed by atoms with Gasteiger partial charge in [0.25, 0.3) is 0 Å². The molecule has 2 aliphatic rings. The SMILES string of the molecule is C[N](C)[Zr]([N](C)C)[Sn]([c]1ccccc1)([c]1ccccc1)[CH]1c2ccccc2-c2cccc(C3C=Cc4ccccc43)c21. The van der Waals surface area contributed by atoms with E-state index in [0.717, 1.165) is 0 Å². The van der Waals surface area contributed by atoms with Crippen molar-refractivity contribution in [3.05, 3.63) is 161 Å². The molecule has 0 saturated heterocycles. The third-order valence-corrected chi connectivity index (χ3v) is 67.7. The molecule has 0 radical (unpaired) electrons. The first-order valence-corrected chi connectivity index (χ1v) is 31.2. The van der Waals surface area contributed by atoms with Gasteiger partial charge in [-0.2, -0.15) is 0 Å². The molecule has 0 bridgehead atoms. The van der Waals surface area contributed by atoms with Crippen LogP contribution in [0.15, 0.2) is 133 Å². The van der Waals surface area contributed by atoms with Gasteiger partial charge in [0.05, 0.1) is 0 Å². The molecule has 0 aliphatic heterocycles. The van der Waals surface area contributed by atoms with Crippen LogP contribution < -0.4 is 7.16 Å². The maximum absolute atomic E-state index is 3.70. The van der Waals surface area contributed by atoms with Crippen molar-refractivity contribution < 1.29 is 18.2 Å². The van der Waals surface area contributed by atoms with Crippen molar-refractivity contribution in [3.8, 4) is 11.1 Å². The number of fused-ring (bicyclic) bond motifs is 4. The summed E-state index contributed by atoms with van der Waals surface area (Å²) in [7, 11) is 9.48. The van der Waals surface area contributed by atoms with Crippen molar-refractivity contribution >= 4 is 27.1 Å². The normalized spacial score (nSPS) is 16.9. The van der Waals surface area contributed by atoms with Gasteiger partial charge in [0.1, 0.15) is 0 Å². The van der Waals surface area contributed by atoms with Gasteiger partial charge in [-0.15, -0.1) is 0 Å². The molecule has 0 heterocycles. The molecule has 5 aromatic rings. The first kappa shape index (κ1) is 28.2. The zero-order valence-corrected chi connectivity index (χ0v) is 30.1. The van der Waals surface area contributed by atoms with E-state index in [2.05, 4.69) is 173 Å². The van der Waals surface area contributed by atoms with E-state index in [1.165, 1.54) is 27.8 Å². The summed E-state index contributed by atoms with van der Waals surface area (Å²) in [5.41, 5.74) is 10.3. The number of allylic oxidation sites excluding steroid dienone is 1. The maximum atomic E-state index is 2.70. The number of nitrogens with zero attached hydrogens (tertiary/aromatic N) is 2. The molecule has 0 aromatic heterocycles. The van der Waals surface area contributed by atoms with Gasteiger partial charge in [-0.05, 0) is 0 Å². The Morgan fingerprint density at radius 2 is 1.05 bits per heavy atom. The fourth-order valence-electron chi connectivity index (χ4n) is 7.93. The number of hydrogen-bond donors (Lipinski definition) is 0. The van der Waals surface area contributed by atoms with Crippen molar-refractivity contribution in [2.75, 3.05) is 28.2 Å². The number of rotatable bonds is 7. The van der Waals surface area contributed by atoms with Crippen LogP contribution in [-0.4, -0.2) is 47.7 Å². The number of hydrogen-bond acceptors (Lipinski definition) is 2. The van der Waals surface area contributed by atoms with Gasteiger partial charge >= 0.3 is 261 Å². The second kappa shape index (κ2) is 11.5. The predicted molar refractivity (Wildman–Crippen MR) is 176 cm³/mol. The summed E-state index contributed by atoms with van der Waals surface area (Å²) >= 11 is -6.24. The molecule has 2 aliphatic carbocycles. The van der Waals surface area contributed by atoms with Crippen molar-refractivity contribution in [3.63, 3.8) is 0 Å². The summed E-state index contributed by atoms with van der Waals surface area (Å²) in [6.45, 7) is 0. The molecule has 0 spiro atoms. The van der Waals surface area contributed by atoms with Crippen LogP contribution in [0.5, 0.6) is 0 Å². The summed E-state index contributed by atoms with van der Waals surface area (Å²) < 4.78 is 9.03. The molecule has 5 aromatic carbocycles. The fourth-order valence-corrected chi connectivity index (χ4v) is 73.8. The fraction of sp³-hybridized carbons (Fsp3) is 0.158. The van der Waals surface area contributed by atoms with Gasteiger partial charge in [0.15, 0.2) is 0 Å². The average Bonchev–Trinajstić information content (AvgIpc) is 3.60. The monoisotopic (exact) mass is 731 g/mol. The van der Waals surface area contributed by atoms with Crippen LogP contribution in [0.3, 0.4) is 0 Å². The molecule has 7 rings (SSSR count). The Kier molecular flexibility index (Phi) is 7.73. The van der Waals surface area contributed by atoms with E-state index in [1.807, 2.05) is 0 Å². The molecule has 207 valence electrons. The van der Waals surface area contributed by atoms with Crippen LogP contribution in [-0.2, 0) is 18.2 Å². The quantitative estimate of drug-likeness (QED) is 0.170. The number of benzene rings is 5. The summed E-state index contributed by atoms with van der Waals surface area (Å²) in [6, 6.07) is 49.0. The minimum absolute atomic E-state index is 0.272. The van der Waals surface area contributed by atoms with Crippen molar-refractivity contribution in [1.82, 2.24) is 5.69 Å². The topological polar surface area (TPSA) is 6.48 Å². The van der Waals surface area contributed by atoms with Gasteiger partial charge in [-0.1, -0.05) is 0 Å². The summed E-state index contributed by atoms with van der Waals surface area (Å²) in [5, 5.41) is 0. The summed E-state index contributed by atoms with van der Waals surface area (Å²) in [5.74, 6) is 0.272. The Hall–Kier alpha value is -2.56. The molecule has 2 nitrogen and oxygen atoms in total. The van der Waals surface area contributed by atoms with Crippen LogP contribution in [0.4, 0.5) is 0 Å². The van der Waals surface area contributed by atoms with E-state index in [9.17, 15) is 0 Å².